The first kappa shape index (κ1) is 23.6. The van der Waals surface area contributed by atoms with Crippen LogP contribution in [-0.4, -0.2) is 6.88 Å². The second-order valence-electron chi connectivity index (χ2n) is 10.4. The maximum absolute atomic E-state index is 14.8. The number of rotatable bonds is 3. The number of fused-ring (bicyclic) bond motifs is 1. The molecule has 0 amide bonds. The fourth-order valence-corrected chi connectivity index (χ4v) is 24.5. The van der Waals surface area contributed by atoms with Crippen LogP contribution >= 0.6 is 0 Å². The predicted molar refractivity (Wildman–Crippen MR) is 123 cm³/mol. The van der Waals surface area contributed by atoms with Gasteiger partial charge in [-0.15, -0.1) is 0 Å². The van der Waals surface area contributed by atoms with Crippen LogP contribution in [0, 0.1) is 29.2 Å². The number of allylic oxidation sites excluding steroid dienone is 5. The summed E-state index contributed by atoms with van der Waals surface area (Å²) in [6.07, 6.45) is 1.93. The van der Waals surface area contributed by atoms with Crippen LogP contribution in [-0.2, 0) is 17.4 Å². The van der Waals surface area contributed by atoms with Crippen LogP contribution in [0.3, 0.4) is 0 Å². The Kier molecular flexibility index (Phi) is 5.54. The Bertz CT molecular complexity index is 1340. The standard InChI is InChI=1S/C15H7F4.C9H13.2CH3.H2Si.Zr/c16-11-7-12(17)14(18)15(19)13(11)10-6-5-8-3-1-2-4-9(8)10;1-6-5-7(2)9(4)8(6)3;;;;/h1-7H;6H,1-4H3;2*1H3;1H2;. The Balaban J connectivity index is 2.00. The van der Waals surface area contributed by atoms with Crippen LogP contribution in [0.15, 0.2) is 56.4 Å². The zero-order valence-electron chi connectivity index (χ0n) is 19.3. The molecule has 2 aliphatic carbocycles. The summed E-state index contributed by atoms with van der Waals surface area (Å²) < 4.78 is 63.6. The molecule has 2 aromatic carbocycles. The van der Waals surface area contributed by atoms with E-state index in [4.69, 9.17) is 0 Å². The third-order valence-electron chi connectivity index (χ3n) is 7.83. The normalized spacial score (nSPS) is 21.4. The number of hydrogen-bond donors (Lipinski definition) is 0. The van der Waals surface area contributed by atoms with Crippen molar-refractivity contribution in [2.24, 2.45) is 5.92 Å². The van der Waals surface area contributed by atoms with Crippen LogP contribution < -0.4 is 0 Å². The maximum atomic E-state index is 14.8. The topological polar surface area (TPSA) is 0 Å². The van der Waals surface area contributed by atoms with Gasteiger partial charge in [-0.1, -0.05) is 0 Å². The minimum absolute atomic E-state index is 0.000937. The Morgan fingerprint density at radius 1 is 0.875 bits per heavy atom. The van der Waals surface area contributed by atoms with Gasteiger partial charge >= 0.3 is 190 Å². The Morgan fingerprint density at radius 3 is 2.09 bits per heavy atom. The quantitative estimate of drug-likeness (QED) is 0.167. The van der Waals surface area contributed by atoms with Crippen molar-refractivity contribution >= 4 is 12.5 Å². The van der Waals surface area contributed by atoms with Crippen molar-refractivity contribution in [3.8, 4) is 0 Å². The molecule has 2 aliphatic rings. The molecule has 2 unspecified atom stereocenters. The minimum atomic E-state index is -3.78. The molecule has 6 heteroatoms. The van der Waals surface area contributed by atoms with Crippen molar-refractivity contribution in [2.75, 3.05) is 0 Å². The molecule has 4 rings (SSSR count). The summed E-state index contributed by atoms with van der Waals surface area (Å²) in [7, 11) is 0. The van der Waals surface area contributed by atoms with Crippen molar-refractivity contribution in [1.29, 1.82) is 0 Å². The first-order valence-electron chi connectivity index (χ1n) is 10.9. The van der Waals surface area contributed by atoms with E-state index >= 15 is 0 Å². The van der Waals surface area contributed by atoms with Gasteiger partial charge in [0.25, 0.3) is 0 Å². The first-order chi connectivity index (χ1) is 14.8. The van der Waals surface area contributed by atoms with Gasteiger partial charge in [-0.25, -0.2) is 0 Å². The molecule has 0 N–H and O–H groups in total. The Hall–Kier alpha value is -1.52. The molecule has 0 saturated carbocycles. The fourth-order valence-electron chi connectivity index (χ4n) is 6.02. The third-order valence-corrected chi connectivity index (χ3v) is 25.1. The summed E-state index contributed by atoms with van der Waals surface area (Å²) in [6.45, 7) is 10.9. The predicted octanol–water partition coefficient (Wildman–Crippen LogP) is 7.32. The SMILES string of the molecule is CC1=C(C)C(C)[C]([Zr]([CH3])([CH3])(=[SiH2])[CH]2C=C(c3c(F)cc(F)c(F)c3F)c3ccccc32)=C1C. The van der Waals surface area contributed by atoms with Gasteiger partial charge in [-0.3, -0.25) is 0 Å². The van der Waals surface area contributed by atoms with E-state index in [1.54, 1.807) is 0 Å². The van der Waals surface area contributed by atoms with E-state index in [9.17, 15) is 17.6 Å². The molecule has 32 heavy (non-hydrogen) atoms. The number of hydrogen-bond acceptors (Lipinski definition) is 0. The number of halogens is 4. The van der Waals surface area contributed by atoms with E-state index in [2.05, 4.69) is 43.8 Å². The molecule has 0 aromatic heterocycles. The van der Waals surface area contributed by atoms with E-state index in [1.807, 2.05) is 30.3 Å². The average Bonchev–Trinajstić information content (AvgIpc) is 3.19. The molecule has 168 valence electrons. The van der Waals surface area contributed by atoms with Gasteiger partial charge in [-0.05, 0) is 0 Å². The van der Waals surface area contributed by atoms with Crippen molar-refractivity contribution in [3.05, 3.63) is 96.4 Å². The fraction of sp³-hybridized carbons (Fsp3) is 0.308. The Labute approximate surface area is 189 Å². The van der Waals surface area contributed by atoms with Crippen LogP contribution in [0.25, 0.3) is 5.57 Å². The molecule has 0 bridgehead atoms. The van der Waals surface area contributed by atoms with Gasteiger partial charge in [0.2, 0.25) is 0 Å². The van der Waals surface area contributed by atoms with Gasteiger partial charge in [0.1, 0.15) is 0 Å². The number of benzene rings is 2. The van der Waals surface area contributed by atoms with Gasteiger partial charge in [0.15, 0.2) is 0 Å². The second kappa shape index (κ2) is 7.50. The molecule has 0 fully saturated rings. The van der Waals surface area contributed by atoms with Crippen LogP contribution in [0.5, 0.6) is 0 Å². The van der Waals surface area contributed by atoms with Gasteiger partial charge < -0.3 is 0 Å². The first-order valence-corrected chi connectivity index (χ1v) is 24.4. The van der Waals surface area contributed by atoms with Gasteiger partial charge in [0, 0.05) is 0 Å². The van der Waals surface area contributed by atoms with E-state index < -0.39 is 46.2 Å². The zero-order chi connectivity index (χ0) is 23.8. The Morgan fingerprint density at radius 2 is 1.50 bits per heavy atom. The average molecular weight is 536 g/mol. The van der Waals surface area contributed by atoms with Gasteiger partial charge in [-0.2, -0.15) is 0 Å². The molecule has 0 aliphatic heterocycles. The van der Waals surface area contributed by atoms with Gasteiger partial charge in [0.05, 0.1) is 0 Å². The zero-order valence-corrected chi connectivity index (χ0v) is 23.2. The monoisotopic (exact) mass is 534 g/mol. The summed E-state index contributed by atoms with van der Waals surface area (Å²) in [4.78, 5) is 0. The molecule has 0 heterocycles. The molecule has 2 aromatic rings. The summed E-state index contributed by atoms with van der Waals surface area (Å²) >= 11 is -3.78. The van der Waals surface area contributed by atoms with Crippen LogP contribution in [0.2, 0.25) is 9.26 Å². The van der Waals surface area contributed by atoms with Crippen LogP contribution in [0.4, 0.5) is 17.6 Å². The molecule has 0 nitrogen and oxygen atoms in total. The van der Waals surface area contributed by atoms with E-state index in [-0.39, 0.29) is 3.63 Å². The van der Waals surface area contributed by atoms with Crippen molar-refractivity contribution < 1.29 is 35.0 Å². The molecule has 0 saturated heterocycles. The van der Waals surface area contributed by atoms with Crippen molar-refractivity contribution in [3.63, 3.8) is 0 Å². The summed E-state index contributed by atoms with van der Waals surface area (Å²) in [6, 6.07) is 8.02. The molecule has 2 atom stereocenters. The molecule has 0 radical (unpaired) electrons. The molecular formula is C26H28F4SiZr. The summed E-state index contributed by atoms with van der Waals surface area (Å²) in [5.41, 5.74) is 5.60. The van der Waals surface area contributed by atoms with E-state index in [1.165, 1.54) is 20.0 Å². The molecular weight excluding hydrogens is 508 g/mol. The van der Waals surface area contributed by atoms with Crippen molar-refractivity contribution in [2.45, 2.75) is 40.6 Å². The second-order valence-corrected chi connectivity index (χ2v) is 39.9. The van der Waals surface area contributed by atoms with E-state index in [0.29, 0.717) is 23.1 Å². The third kappa shape index (κ3) is 3.24. The van der Waals surface area contributed by atoms with Crippen molar-refractivity contribution in [1.82, 2.24) is 0 Å². The summed E-state index contributed by atoms with van der Waals surface area (Å²) in [5.74, 6) is -5.38. The summed E-state index contributed by atoms with van der Waals surface area (Å²) in [5, 5.41) is 0. The molecule has 0 spiro atoms. The van der Waals surface area contributed by atoms with Crippen LogP contribution in [0.1, 0.15) is 48.0 Å². The van der Waals surface area contributed by atoms with E-state index in [0.717, 1.165) is 5.56 Å².